The Bertz CT molecular complexity index is 755. The topological polar surface area (TPSA) is 66.5 Å². The molecule has 0 radical (unpaired) electrons. The average molecular weight is 275 g/mol. The third-order valence-corrected chi connectivity index (χ3v) is 3.03. The summed E-state index contributed by atoms with van der Waals surface area (Å²) in [5.41, 5.74) is 0.815. The van der Waals surface area contributed by atoms with Crippen molar-refractivity contribution >= 4 is 16.9 Å². The molecule has 0 fully saturated rings. The number of rotatable bonds is 3. The van der Waals surface area contributed by atoms with E-state index in [9.17, 15) is 8.78 Å². The van der Waals surface area contributed by atoms with Gasteiger partial charge < -0.3 is 5.32 Å². The van der Waals surface area contributed by atoms with Crippen molar-refractivity contribution < 1.29 is 8.78 Å². The summed E-state index contributed by atoms with van der Waals surface area (Å²) in [5, 5.41) is 10.3. The Balaban J connectivity index is 1.94. The highest BCUT2D eigenvalue weighted by Gasteiger charge is 2.14. The Kier molecular flexibility index (Phi) is 3.02. The summed E-state index contributed by atoms with van der Waals surface area (Å²) in [5.74, 6) is -0.435. The predicted octanol–water partition coefficient (Wildman–Crippen LogP) is 2.80. The van der Waals surface area contributed by atoms with E-state index >= 15 is 0 Å². The molecule has 5 nitrogen and oxygen atoms in total. The van der Waals surface area contributed by atoms with Crippen molar-refractivity contribution in [3.8, 4) is 0 Å². The Labute approximate surface area is 113 Å². The molecule has 3 rings (SSSR count). The lowest BCUT2D eigenvalue weighted by Crippen LogP contribution is -2.10. The zero-order chi connectivity index (χ0) is 14.1. The second-order valence-corrected chi connectivity index (χ2v) is 4.39. The maximum Gasteiger partial charge on any atom is 0.160 e. The minimum absolute atomic E-state index is 0.236. The molecule has 0 saturated heterocycles. The molecule has 102 valence electrons. The first-order valence-corrected chi connectivity index (χ1v) is 6.00. The van der Waals surface area contributed by atoms with E-state index < -0.39 is 17.7 Å². The number of hydrogen-bond donors (Lipinski definition) is 2. The Morgan fingerprint density at radius 2 is 2.10 bits per heavy atom. The monoisotopic (exact) mass is 275 g/mol. The van der Waals surface area contributed by atoms with E-state index in [1.807, 2.05) is 0 Å². The van der Waals surface area contributed by atoms with Crippen LogP contribution in [0.2, 0.25) is 0 Å². The maximum atomic E-state index is 13.7. The molecule has 0 aliphatic carbocycles. The van der Waals surface area contributed by atoms with Crippen LogP contribution in [0, 0.1) is 11.6 Å². The van der Waals surface area contributed by atoms with Crippen molar-refractivity contribution in [2.24, 2.45) is 0 Å². The van der Waals surface area contributed by atoms with Gasteiger partial charge in [0.1, 0.15) is 23.8 Å². The van der Waals surface area contributed by atoms with E-state index in [0.717, 1.165) is 12.1 Å². The number of H-pyrrole nitrogens is 1. The van der Waals surface area contributed by atoms with Crippen LogP contribution in [-0.2, 0) is 0 Å². The number of aromatic nitrogens is 4. The standard InChI is InChI=1S/C13H11F2N5/c1-7(9-4-8(14)2-3-11(9)15)19-12-10-5-18-20-13(10)17-6-16-12/h2-7H,1H3,(H2,16,17,18,19,20). The van der Waals surface area contributed by atoms with Gasteiger partial charge in [-0.3, -0.25) is 5.10 Å². The highest BCUT2D eigenvalue weighted by atomic mass is 19.1. The predicted molar refractivity (Wildman–Crippen MR) is 70.1 cm³/mol. The molecule has 3 aromatic rings. The molecule has 20 heavy (non-hydrogen) atoms. The van der Waals surface area contributed by atoms with Crippen LogP contribution in [0.15, 0.2) is 30.7 Å². The number of aromatic amines is 1. The minimum atomic E-state index is -0.480. The summed E-state index contributed by atoms with van der Waals surface area (Å²) in [4.78, 5) is 8.11. The Hall–Kier alpha value is -2.57. The molecule has 1 unspecified atom stereocenters. The first-order chi connectivity index (χ1) is 9.65. The van der Waals surface area contributed by atoms with Gasteiger partial charge in [0.25, 0.3) is 0 Å². The Morgan fingerprint density at radius 3 is 2.95 bits per heavy atom. The van der Waals surface area contributed by atoms with Gasteiger partial charge in [0.2, 0.25) is 0 Å². The summed E-state index contributed by atoms with van der Waals surface area (Å²) >= 11 is 0. The highest BCUT2D eigenvalue weighted by Crippen LogP contribution is 2.24. The number of benzene rings is 1. The fourth-order valence-corrected chi connectivity index (χ4v) is 2.01. The van der Waals surface area contributed by atoms with E-state index in [0.29, 0.717) is 16.9 Å². The molecule has 0 saturated carbocycles. The smallest absolute Gasteiger partial charge is 0.160 e. The van der Waals surface area contributed by atoms with E-state index in [1.54, 1.807) is 13.1 Å². The molecule has 2 aromatic heterocycles. The fraction of sp³-hybridized carbons (Fsp3) is 0.154. The lowest BCUT2D eigenvalue weighted by Gasteiger charge is -2.16. The largest absolute Gasteiger partial charge is 0.363 e. The van der Waals surface area contributed by atoms with E-state index in [1.165, 1.54) is 12.4 Å². The molecule has 0 aliphatic rings. The van der Waals surface area contributed by atoms with Gasteiger partial charge in [0, 0.05) is 5.56 Å². The minimum Gasteiger partial charge on any atom is -0.363 e. The summed E-state index contributed by atoms with van der Waals surface area (Å²) in [6.45, 7) is 1.73. The first kappa shape index (κ1) is 12.5. The molecule has 1 aromatic carbocycles. The summed E-state index contributed by atoms with van der Waals surface area (Å²) < 4.78 is 26.9. The molecule has 0 bridgehead atoms. The van der Waals surface area contributed by atoms with Crippen LogP contribution in [0.5, 0.6) is 0 Å². The number of halogens is 2. The number of hydrogen-bond acceptors (Lipinski definition) is 4. The van der Waals surface area contributed by atoms with Gasteiger partial charge in [-0.25, -0.2) is 18.7 Å². The number of anilines is 1. The highest BCUT2D eigenvalue weighted by molar-refractivity contribution is 5.85. The van der Waals surface area contributed by atoms with Gasteiger partial charge in [0.05, 0.1) is 17.6 Å². The Morgan fingerprint density at radius 1 is 1.25 bits per heavy atom. The summed E-state index contributed by atoms with van der Waals surface area (Å²) in [6, 6.07) is 2.92. The molecular formula is C13H11F2N5. The number of nitrogens with one attached hydrogen (secondary N) is 2. The fourth-order valence-electron chi connectivity index (χ4n) is 2.01. The van der Waals surface area contributed by atoms with Crippen LogP contribution < -0.4 is 5.32 Å². The lowest BCUT2D eigenvalue weighted by molar-refractivity contribution is 0.577. The third-order valence-electron chi connectivity index (χ3n) is 3.03. The van der Waals surface area contributed by atoms with Crippen molar-refractivity contribution in [1.82, 2.24) is 20.2 Å². The molecule has 0 aliphatic heterocycles. The normalized spacial score (nSPS) is 12.6. The molecule has 2 heterocycles. The SMILES string of the molecule is CC(Nc1ncnc2[nH]ncc12)c1cc(F)ccc1F. The van der Waals surface area contributed by atoms with Crippen molar-refractivity contribution in [3.05, 3.63) is 47.9 Å². The van der Waals surface area contributed by atoms with Crippen LogP contribution >= 0.6 is 0 Å². The number of nitrogens with zero attached hydrogens (tertiary/aromatic N) is 3. The molecule has 1 atom stereocenters. The molecule has 7 heteroatoms. The van der Waals surface area contributed by atoms with Gasteiger partial charge in [-0.05, 0) is 25.1 Å². The van der Waals surface area contributed by atoms with Crippen LogP contribution in [-0.4, -0.2) is 20.2 Å². The lowest BCUT2D eigenvalue weighted by atomic mass is 10.1. The van der Waals surface area contributed by atoms with Gasteiger partial charge in [-0.1, -0.05) is 0 Å². The van der Waals surface area contributed by atoms with Crippen LogP contribution in [0.1, 0.15) is 18.5 Å². The second-order valence-electron chi connectivity index (χ2n) is 4.39. The van der Waals surface area contributed by atoms with E-state index in [4.69, 9.17) is 0 Å². The van der Waals surface area contributed by atoms with Gasteiger partial charge in [-0.15, -0.1) is 0 Å². The van der Waals surface area contributed by atoms with Gasteiger partial charge in [-0.2, -0.15) is 5.10 Å². The van der Waals surface area contributed by atoms with Crippen molar-refractivity contribution in [3.63, 3.8) is 0 Å². The third kappa shape index (κ3) is 2.18. The summed E-state index contributed by atoms with van der Waals surface area (Å²) in [7, 11) is 0. The van der Waals surface area contributed by atoms with Crippen LogP contribution in [0.25, 0.3) is 11.0 Å². The van der Waals surface area contributed by atoms with Crippen LogP contribution in [0.4, 0.5) is 14.6 Å². The second kappa shape index (κ2) is 4.84. The molecule has 0 spiro atoms. The van der Waals surface area contributed by atoms with E-state index in [-0.39, 0.29) is 5.56 Å². The maximum absolute atomic E-state index is 13.7. The van der Waals surface area contributed by atoms with Gasteiger partial charge in [0.15, 0.2) is 5.65 Å². The zero-order valence-electron chi connectivity index (χ0n) is 10.6. The average Bonchev–Trinajstić information content (AvgIpc) is 2.91. The zero-order valence-corrected chi connectivity index (χ0v) is 10.6. The van der Waals surface area contributed by atoms with Gasteiger partial charge >= 0.3 is 0 Å². The van der Waals surface area contributed by atoms with Crippen molar-refractivity contribution in [2.75, 3.05) is 5.32 Å². The molecule has 2 N–H and O–H groups in total. The molecule has 0 amide bonds. The first-order valence-electron chi connectivity index (χ1n) is 6.00. The van der Waals surface area contributed by atoms with Crippen molar-refractivity contribution in [2.45, 2.75) is 13.0 Å². The van der Waals surface area contributed by atoms with Crippen LogP contribution in [0.3, 0.4) is 0 Å². The van der Waals surface area contributed by atoms with E-state index in [2.05, 4.69) is 25.5 Å². The molecular weight excluding hydrogens is 264 g/mol. The quantitative estimate of drug-likeness (QED) is 0.771. The summed E-state index contributed by atoms with van der Waals surface area (Å²) in [6.07, 6.45) is 2.95. The van der Waals surface area contributed by atoms with Crippen molar-refractivity contribution in [1.29, 1.82) is 0 Å². The number of fused-ring (bicyclic) bond motifs is 1.